The van der Waals surface area contributed by atoms with E-state index in [2.05, 4.69) is 0 Å². The van der Waals surface area contributed by atoms with Crippen LogP contribution in [0.1, 0.15) is 21.9 Å². The number of benzene rings is 1. The fourth-order valence-electron chi connectivity index (χ4n) is 2.24. The number of halogens is 2. The third kappa shape index (κ3) is 3.97. The molecule has 0 fully saturated rings. The second-order valence-electron chi connectivity index (χ2n) is 4.98. The molecule has 3 aromatic rings. The molecule has 0 bridgehead atoms. The number of carbonyl (C=O) groups excluding carboxylic acids is 1. The number of furan rings is 2. The minimum absolute atomic E-state index is 0.206. The first-order chi connectivity index (χ1) is 11.1. The van der Waals surface area contributed by atoms with Gasteiger partial charge in [-0.2, -0.15) is 0 Å². The van der Waals surface area contributed by atoms with Gasteiger partial charge in [0.1, 0.15) is 11.5 Å². The van der Waals surface area contributed by atoms with Crippen LogP contribution in [0, 0.1) is 0 Å². The fourth-order valence-corrected chi connectivity index (χ4v) is 2.77. The summed E-state index contributed by atoms with van der Waals surface area (Å²) < 4.78 is 10.7. The second-order valence-corrected chi connectivity index (χ2v) is 5.85. The quantitative estimate of drug-likeness (QED) is 0.649. The Labute approximate surface area is 143 Å². The number of rotatable bonds is 5. The zero-order valence-electron chi connectivity index (χ0n) is 12.0. The van der Waals surface area contributed by atoms with Crippen molar-refractivity contribution >= 4 is 29.1 Å². The maximum absolute atomic E-state index is 12.8. The average Bonchev–Trinajstić information content (AvgIpc) is 3.18. The van der Waals surface area contributed by atoms with E-state index in [-0.39, 0.29) is 5.91 Å². The highest BCUT2D eigenvalue weighted by Gasteiger charge is 2.19. The van der Waals surface area contributed by atoms with Crippen molar-refractivity contribution in [2.45, 2.75) is 13.1 Å². The van der Waals surface area contributed by atoms with Crippen LogP contribution in [0.15, 0.2) is 63.8 Å². The van der Waals surface area contributed by atoms with Crippen LogP contribution in [0.4, 0.5) is 0 Å². The van der Waals surface area contributed by atoms with E-state index >= 15 is 0 Å². The van der Waals surface area contributed by atoms with E-state index < -0.39 is 0 Å². The molecule has 0 radical (unpaired) electrons. The number of nitrogens with zero attached hydrogens (tertiary/aromatic N) is 1. The van der Waals surface area contributed by atoms with E-state index in [1.54, 1.807) is 47.8 Å². The molecule has 4 nitrogen and oxygen atoms in total. The van der Waals surface area contributed by atoms with E-state index in [1.807, 2.05) is 12.1 Å². The molecule has 2 heterocycles. The maximum Gasteiger partial charge on any atom is 0.254 e. The number of hydrogen-bond donors (Lipinski definition) is 0. The van der Waals surface area contributed by atoms with Crippen molar-refractivity contribution in [2.24, 2.45) is 0 Å². The number of hydrogen-bond acceptors (Lipinski definition) is 3. The molecule has 118 valence electrons. The van der Waals surface area contributed by atoms with Crippen LogP contribution in [-0.4, -0.2) is 10.8 Å². The molecule has 0 aliphatic rings. The molecule has 0 spiro atoms. The Bertz CT molecular complexity index is 726. The normalized spacial score (nSPS) is 10.7. The summed E-state index contributed by atoms with van der Waals surface area (Å²) in [4.78, 5) is 14.4. The molecular weight excluding hydrogens is 337 g/mol. The van der Waals surface area contributed by atoms with Gasteiger partial charge in [0, 0.05) is 15.6 Å². The Kier molecular flexibility index (Phi) is 4.74. The summed E-state index contributed by atoms with van der Waals surface area (Å²) in [5, 5.41) is 0.827. The van der Waals surface area contributed by atoms with Crippen molar-refractivity contribution in [2.75, 3.05) is 0 Å². The second kappa shape index (κ2) is 6.94. The first-order valence-electron chi connectivity index (χ1n) is 6.92. The predicted molar refractivity (Wildman–Crippen MR) is 87.5 cm³/mol. The standard InChI is InChI=1S/C17H13Cl2NO3/c18-13-7-12(8-14(19)9-13)17(21)20(10-15-3-1-5-22-15)11-16-4-2-6-23-16/h1-9H,10-11H2. The van der Waals surface area contributed by atoms with Crippen LogP contribution in [-0.2, 0) is 13.1 Å². The third-order valence-electron chi connectivity index (χ3n) is 3.25. The number of carbonyl (C=O) groups is 1. The first-order valence-corrected chi connectivity index (χ1v) is 7.67. The molecule has 0 N–H and O–H groups in total. The minimum Gasteiger partial charge on any atom is -0.467 e. The van der Waals surface area contributed by atoms with Gasteiger partial charge in [-0.25, -0.2) is 0 Å². The molecule has 0 saturated heterocycles. The van der Waals surface area contributed by atoms with Crippen LogP contribution in [0.5, 0.6) is 0 Å². The zero-order valence-corrected chi connectivity index (χ0v) is 13.6. The Morgan fingerprint density at radius 2 is 1.43 bits per heavy atom. The molecule has 1 amide bonds. The summed E-state index contributed by atoms with van der Waals surface area (Å²) >= 11 is 12.0. The maximum atomic E-state index is 12.8. The van der Waals surface area contributed by atoms with Gasteiger partial charge < -0.3 is 13.7 Å². The van der Waals surface area contributed by atoms with E-state index in [0.29, 0.717) is 40.2 Å². The van der Waals surface area contributed by atoms with Gasteiger partial charge in [0.05, 0.1) is 25.6 Å². The molecule has 0 atom stereocenters. The number of amides is 1. The van der Waals surface area contributed by atoms with Gasteiger partial charge in [0.2, 0.25) is 0 Å². The predicted octanol–water partition coefficient (Wildman–Crippen LogP) is 5.02. The van der Waals surface area contributed by atoms with Gasteiger partial charge in [0.25, 0.3) is 5.91 Å². The average molecular weight is 350 g/mol. The van der Waals surface area contributed by atoms with Gasteiger partial charge in [-0.3, -0.25) is 4.79 Å². The molecule has 0 aliphatic heterocycles. The van der Waals surface area contributed by atoms with Gasteiger partial charge >= 0.3 is 0 Å². The summed E-state index contributed by atoms with van der Waals surface area (Å²) in [6.07, 6.45) is 3.14. The fraction of sp³-hybridized carbons (Fsp3) is 0.118. The van der Waals surface area contributed by atoms with Gasteiger partial charge in [0.15, 0.2) is 0 Å². The van der Waals surface area contributed by atoms with Crippen LogP contribution in [0.3, 0.4) is 0 Å². The Morgan fingerprint density at radius 3 is 1.87 bits per heavy atom. The van der Waals surface area contributed by atoms with Crippen LogP contribution >= 0.6 is 23.2 Å². The molecule has 0 aliphatic carbocycles. The molecule has 23 heavy (non-hydrogen) atoms. The largest absolute Gasteiger partial charge is 0.467 e. The summed E-state index contributed by atoms with van der Waals surface area (Å²) in [5.41, 5.74) is 0.417. The molecule has 0 saturated carbocycles. The van der Waals surface area contributed by atoms with Crippen molar-refractivity contribution in [3.05, 3.63) is 82.1 Å². The third-order valence-corrected chi connectivity index (χ3v) is 3.69. The van der Waals surface area contributed by atoms with Crippen molar-refractivity contribution in [1.82, 2.24) is 4.90 Å². The highest BCUT2D eigenvalue weighted by molar-refractivity contribution is 6.35. The molecule has 0 unspecified atom stereocenters. The first kappa shape index (κ1) is 15.7. The van der Waals surface area contributed by atoms with E-state index in [4.69, 9.17) is 32.0 Å². The van der Waals surface area contributed by atoms with Crippen LogP contribution in [0.2, 0.25) is 10.0 Å². The summed E-state index contributed by atoms with van der Waals surface area (Å²) in [5.74, 6) is 1.15. The Morgan fingerprint density at radius 1 is 0.913 bits per heavy atom. The van der Waals surface area contributed by atoms with Crippen molar-refractivity contribution in [3.63, 3.8) is 0 Å². The molecule has 2 aromatic heterocycles. The zero-order chi connectivity index (χ0) is 16.2. The lowest BCUT2D eigenvalue weighted by Gasteiger charge is -2.21. The minimum atomic E-state index is -0.206. The molecule has 1 aromatic carbocycles. The van der Waals surface area contributed by atoms with Gasteiger partial charge in [-0.15, -0.1) is 0 Å². The van der Waals surface area contributed by atoms with E-state index in [0.717, 1.165) is 0 Å². The van der Waals surface area contributed by atoms with E-state index in [1.165, 1.54) is 0 Å². The SMILES string of the molecule is O=C(c1cc(Cl)cc(Cl)c1)N(Cc1ccco1)Cc1ccco1. The monoisotopic (exact) mass is 349 g/mol. The highest BCUT2D eigenvalue weighted by Crippen LogP contribution is 2.22. The van der Waals surface area contributed by atoms with Crippen molar-refractivity contribution in [1.29, 1.82) is 0 Å². The smallest absolute Gasteiger partial charge is 0.254 e. The van der Waals surface area contributed by atoms with E-state index in [9.17, 15) is 4.79 Å². The summed E-state index contributed by atoms with van der Waals surface area (Å²) in [6, 6.07) is 12.0. The highest BCUT2D eigenvalue weighted by atomic mass is 35.5. The van der Waals surface area contributed by atoms with Crippen LogP contribution in [0.25, 0.3) is 0 Å². The Hall–Kier alpha value is -2.17. The lowest BCUT2D eigenvalue weighted by atomic mass is 10.2. The summed E-state index contributed by atoms with van der Waals surface area (Å²) in [7, 11) is 0. The molecule has 6 heteroatoms. The molecular formula is C17H13Cl2NO3. The van der Waals surface area contributed by atoms with Gasteiger partial charge in [-0.05, 0) is 42.5 Å². The van der Waals surface area contributed by atoms with Crippen LogP contribution < -0.4 is 0 Å². The van der Waals surface area contributed by atoms with Gasteiger partial charge in [-0.1, -0.05) is 23.2 Å². The summed E-state index contributed by atoms with van der Waals surface area (Å²) in [6.45, 7) is 0.632. The molecule has 3 rings (SSSR count). The van der Waals surface area contributed by atoms with Crippen molar-refractivity contribution in [3.8, 4) is 0 Å². The lowest BCUT2D eigenvalue weighted by molar-refractivity contribution is 0.0705. The lowest BCUT2D eigenvalue weighted by Crippen LogP contribution is -2.29. The Balaban J connectivity index is 1.88. The topological polar surface area (TPSA) is 46.6 Å². The van der Waals surface area contributed by atoms with Crippen molar-refractivity contribution < 1.29 is 13.6 Å².